The van der Waals surface area contributed by atoms with Gasteiger partial charge >= 0.3 is 0 Å². The molecule has 1 aliphatic heterocycles. The van der Waals surface area contributed by atoms with Gasteiger partial charge in [-0.2, -0.15) is 5.10 Å². The third-order valence-corrected chi connectivity index (χ3v) is 4.28. The van der Waals surface area contributed by atoms with Gasteiger partial charge in [0.2, 0.25) is 0 Å². The first-order valence-electron chi connectivity index (χ1n) is 7.72. The first-order valence-corrected chi connectivity index (χ1v) is 7.72. The third kappa shape index (κ3) is 3.52. The molecular weight excluding hydrogens is 262 g/mol. The van der Waals surface area contributed by atoms with E-state index in [4.69, 9.17) is 4.74 Å². The number of hydrogen-bond donors (Lipinski definition) is 1. The maximum absolute atomic E-state index is 5.45. The number of nitrogens with one attached hydrogen (secondary N) is 1. The van der Waals surface area contributed by atoms with Crippen LogP contribution in [0.1, 0.15) is 30.9 Å². The van der Waals surface area contributed by atoms with Gasteiger partial charge in [-0.1, -0.05) is 18.2 Å². The van der Waals surface area contributed by atoms with E-state index in [0.29, 0.717) is 6.04 Å². The molecule has 1 saturated heterocycles. The molecule has 1 aromatic heterocycles. The highest BCUT2D eigenvalue weighted by Gasteiger charge is 2.20. The van der Waals surface area contributed by atoms with E-state index >= 15 is 0 Å². The van der Waals surface area contributed by atoms with Crippen molar-refractivity contribution in [3.8, 4) is 5.69 Å². The zero-order valence-corrected chi connectivity index (χ0v) is 12.5. The van der Waals surface area contributed by atoms with E-state index in [-0.39, 0.29) is 0 Å². The van der Waals surface area contributed by atoms with Crippen molar-refractivity contribution in [2.45, 2.75) is 25.3 Å². The van der Waals surface area contributed by atoms with Crippen LogP contribution in [0.2, 0.25) is 0 Å². The molecule has 0 spiro atoms. The molecule has 0 radical (unpaired) electrons. The van der Waals surface area contributed by atoms with E-state index in [1.165, 1.54) is 18.4 Å². The average molecular weight is 285 g/mol. The lowest BCUT2D eigenvalue weighted by Gasteiger charge is -2.26. The summed E-state index contributed by atoms with van der Waals surface area (Å²) in [6.07, 6.45) is 7.61. The van der Waals surface area contributed by atoms with Crippen molar-refractivity contribution in [1.29, 1.82) is 0 Å². The molecule has 0 amide bonds. The molecule has 112 valence electrons. The molecule has 21 heavy (non-hydrogen) atoms. The van der Waals surface area contributed by atoms with Crippen molar-refractivity contribution >= 4 is 0 Å². The standard InChI is InChI=1S/C17H23N3O/c1-18-17(11-14-7-9-21-10-8-14)15-12-19-20(13-15)16-5-3-2-4-6-16/h2-6,12-14,17-18H,7-11H2,1H3. The first-order chi connectivity index (χ1) is 10.4. The molecule has 0 aliphatic carbocycles. The Kier molecular flexibility index (Phi) is 4.68. The minimum Gasteiger partial charge on any atom is -0.381 e. The maximum atomic E-state index is 5.45. The Morgan fingerprint density at radius 1 is 1.29 bits per heavy atom. The van der Waals surface area contributed by atoms with Crippen LogP contribution in [-0.4, -0.2) is 30.0 Å². The molecule has 4 heteroatoms. The molecule has 2 heterocycles. The van der Waals surface area contributed by atoms with Crippen LogP contribution in [-0.2, 0) is 4.74 Å². The molecule has 1 N–H and O–H groups in total. The van der Waals surface area contributed by atoms with Gasteiger partial charge in [-0.15, -0.1) is 0 Å². The summed E-state index contributed by atoms with van der Waals surface area (Å²) in [7, 11) is 2.03. The zero-order chi connectivity index (χ0) is 14.5. The van der Waals surface area contributed by atoms with E-state index in [1.54, 1.807) is 0 Å². The summed E-state index contributed by atoms with van der Waals surface area (Å²) in [5.41, 5.74) is 2.36. The van der Waals surface area contributed by atoms with Crippen molar-refractivity contribution in [2.24, 2.45) is 5.92 Å². The van der Waals surface area contributed by atoms with E-state index in [9.17, 15) is 0 Å². The van der Waals surface area contributed by atoms with Gasteiger partial charge in [0.25, 0.3) is 0 Å². The van der Waals surface area contributed by atoms with E-state index in [1.807, 2.05) is 36.1 Å². The Morgan fingerprint density at radius 2 is 2.05 bits per heavy atom. The van der Waals surface area contributed by atoms with Crippen LogP contribution in [0.3, 0.4) is 0 Å². The fourth-order valence-electron chi connectivity index (χ4n) is 2.97. The maximum Gasteiger partial charge on any atom is 0.0645 e. The van der Waals surface area contributed by atoms with Crippen LogP contribution in [0, 0.1) is 5.92 Å². The number of rotatable bonds is 5. The SMILES string of the molecule is CNC(CC1CCOCC1)c1cnn(-c2ccccc2)c1. The first kappa shape index (κ1) is 14.3. The second kappa shape index (κ2) is 6.87. The molecule has 0 saturated carbocycles. The normalized spacial score (nSPS) is 17.8. The fourth-order valence-corrected chi connectivity index (χ4v) is 2.97. The largest absolute Gasteiger partial charge is 0.381 e. The lowest BCUT2D eigenvalue weighted by molar-refractivity contribution is 0.0608. The van der Waals surface area contributed by atoms with Crippen molar-refractivity contribution < 1.29 is 4.74 Å². The summed E-state index contributed by atoms with van der Waals surface area (Å²) in [5, 5.41) is 7.94. The molecule has 0 bridgehead atoms. The van der Waals surface area contributed by atoms with Gasteiger partial charge in [0.05, 0.1) is 11.9 Å². The number of hydrogen-bond acceptors (Lipinski definition) is 3. The quantitative estimate of drug-likeness (QED) is 0.918. The lowest BCUT2D eigenvalue weighted by atomic mass is 9.90. The highest BCUT2D eigenvalue weighted by atomic mass is 16.5. The van der Waals surface area contributed by atoms with Crippen molar-refractivity contribution in [3.05, 3.63) is 48.3 Å². The van der Waals surface area contributed by atoms with Gasteiger partial charge in [0.15, 0.2) is 0 Å². The van der Waals surface area contributed by atoms with Gasteiger partial charge in [-0.05, 0) is 44.4 Å². The Balaban J connectivity index is 1.71. The van der Waals surface area contributed by atoms with Crippen LogP contribution in [0.4, 0.5) is 0 Å². The predicted octanol–water partition coefficient (Wildman–Crippen LogP) is 2.95. The van der Waals surface area contributed by atoms with E-state index in [0.717, 1.165) is 31.2 Å². The minimum absolute atomic E-state index is 0.366. The van der Waals surface area contributed by atoms with Crippen LogP contribution in [0.15, 0.2) is 42.7 Å². The molecule has 1 atom stereocenters. The fraction of sp³-hybridized carbons (Fsp3) is 0.471. The van der Waals surface area contributed by atoms with Gasteiger partial charge in [-0.25, -0.2) is 4.68 Å². The van der Waals surface area contributed by atoms with Gasteiger partial charge in [0.1, 0.15) is 0 Å². The Labute approximate surface area is 126 Å². The number of nitrogens with zero attached hydrogens (tertiary/aromatic N) is 2. The summed E-state index contributed by atoms with van der Waals surface area (Å²) in [6, 6.07) is 10.6. The number of para-hydroxylation sites is 1. The molecular formula is C17H23N3O. The van der Waals surface area contributed by atoms with Gasteiger partial charge < -0.3 is 10.1 Å². The smallest absolute Gasteiger partial charge is 0.0645 e. The van der Waals surface area contributed by atoms with Gasteiger partial charge in [0, 0.05) is 31.0 Å². The highest BCUT2D eigenvalue weighted by molar-refractivity contribution is 5.31. The topological polar surface area (TPSA) is 39.1 Å². The molecule has 1 unspecified atom stereocenters. The molecule has 4 nitrogen and oxygen atoms in total. The van der Waals surface area contributed by atoms with Crippen LogP contribution in [0.5, 0.6) is 0 Å². The van der Waals surface area contributed by atoms with Crippen LogP contribution >= 0.6 is 0 Å². The van der Waals surface area contributed by atoms with Crippen molar-refractivity contribution in [2.75, 3.05) is 20.3 Å². The summed E-state index contributed by atoms with van der Waals surface area (Å²) in [6.45, 7) is 1.81. The zero-order valence-electron chi connectivity index (χ0n) is 12.5. The summed E-state index contributed by atoms with van der Waals surface area (Å²) in [5.74, 6) is 0.747. The molecule has 1 fully saturated rings. The Bertz CT molecular complexity index is 546. The van der Waals surface area contributed by atoms with E-state index < -0.39 is 0 Å². The molecule has 2 aromatic rings. The van der Waals surface area contributed by atoms with E-state index in [2.05, 4.69) is 28.7 Å². The Hall–Kier alpha value is -1.65. The monoisotopic (exact) mass is 285 g/mol. The minimum atomic E-state index is 0.366. The van der Waals surface area contributed by atoms with Crippen molar-refractivity contribution in [3.63, 3.8) is 0 Å². The third-order valence-electron chi connectivity index (χ3n) is 4.28. The lowest BCUT2D eigenvalue weighted by Crippen LogP contribution is -2.23. The number of benzene rings is 1. The summed E-state index contributed by atoms with van der Waals surface area (Å²) in [4.78, 5) is 0. The van der Waals surface area contributed by atoms with Crippen LogP contribution in [0.25, 0.3) is 5.69 Å². The second-order valence-corrected chi connectivity index (χ2v) is 5.69. The molecule has 1 aliphatic rings. The summed E-state index contributed by atoms with van der Waals surface area (Å²) < 4.78 is 7.39. The second-order valence-electron chi connectivity index (χ2n) is 5.69. The van der Waals surface area contributed by atoms with Gasteiger partial charge in [-0.3, -0.25) is 0 Å². The average Bonchev–Trinajstić information content (AvgIpc) is 3.04. The molecule has 1 aromatic carbocycles. The number of aromatic nitrogens is 2. The Morgan fingerprint density at radius 3 is 2.76 bits per heavy atom. The van der Waals surface area contributed by atoms with Crippen molar-refractivity contribution in [1.82, 2.24) is 15.1 Å². The highest BCUT2D eigenvalue weighted by Crippen LogP contribution is 2.27. The number of ether oxygens (including phenoxy) is 1. The summed E-state index contributed by atoms with van der Waals surface area (Å²) >= 11 is 0. The predicted molar refractivity (Wildman–Crippen MR) is 83.5 cm³/mol. The molecule has 3 rings (SSSR count). The van der Waals surface area contributed by atoms with Crippen LogP contribution < -0.4 is 5.32 Å².